The second-order valence-electron chi connectivity index (χ2n) is 6.35. The Balaban J connectivity index is 1.67. The van der Waals surface area contributed by atoms with Gasteiger partial charge < -0.3 is 14.6 Å². The first-order chi connectivity index (χ1) is 13.8. The average molecular weight is 451 g/mol. The number of nitrogens with one attached hydrogen (secondary N) is 1. The molecule has 3 aromatic rings. The first-order valence-corrected chi connectivity index (χ1v) is 11.6. The van der Waals surface area contributed by atoms with Crippen molar-refractivity contribution < 1.29 is 14.3 Å². The molecule has 1 N–H and O–H groups in total. The molecule has 0 saturated carbocycles. The lowest BCUT2D eigenvalue weighted by Crippen LogP contribution is -2.16. The molecule has 10 heteroatoms. The molecule has 3 heterocycles. The van der Waals surface area contributed by atoms with Crippen LogP contribution in [0.2, 0.25) is 0 Å². The van der Waals surface area contributed by atoms with Gasteiger partial charge >= 0.3 is 5.97 Å². The van der Waals surface area contributed by atoms with Crippen LogP contribution >= 0.6 is 34.4 Å². The van der Waals surface area contributed by atoms with E-state index in [-0.39, 0.29) is 18.3 Å². The van der Waals surface area contributed by atoms with Crippen molar-refractivity contribution in [3.05, 3.63) is 32.3 Å². The molecule has 3 aromatic heterocycles. The molecule has 0 atom stereocenters. The number of aryl methyl sites for hydroxylation is 2. The highest BCUT2D eigenvalue weighted by Gasteiger charge is 2.19. The number of ether oxygens (including phenoxy) is 1. The largest absolute Gasteiger partial charge is 0.462 e. The van der Waals surface area contributed by atoms with Gasteiger partial charge in [-0.3, -0.25) is 4.79 Å². The minimum atomic E-state index is -0.431. The summed E-state index contributed by atoms with van der Waals surface area (Å²) in [5.74, 6) is 0.300. The fraction of sp³-hybridized carbons (Fsp3) is 0.368. The number of rotatable bonds is 7. The van der Waals surface area contributed by atoms with Gasteiger partial charge in [0.05, 0.1) is 17.9 Å². The summed E-state index contributed by atoms with van der Waals surface area (Å²) in [6, 6.07) is 1.73. The number of carbonyl (C=O) groups excluding carboxylic acids is 2. The zero-order valence-electron chi connectivity index (χ0n) is 16.9. The molecule has 0 spiro atoms. The van der Waals surface area contributed by atoms with Crippen LogP contribution in [0.5, 0.6) is 0 Å². The van der Waals surface area contributed by atoms with E-state index < -0.39 is 5.97 Å². The van der Waals surface area contributed by atoms with E-state index in [0.29, 0.717) is 15.7 Å². The van der Waals surface area contributed by atoms with E-state index in [2.05, 4.69) is 34.7 Å². The maximum atomic E-state index is 12.4. The van der Waals surface area contributed by atoms with E-state index >= 15 is 0 Å². The van der Waals surface area contributed by atoms with Crippen molar-refractivity contribution in [2.45, 2.75) is 32.9 Å². The van der Waals surface area contributed by atoms with Gasteiger partial charge in [0, 0.05) is 27.7 Å². The summed E-state index contributed by atoms with van der Waals surface area (Å²) in [7, 11) is 1.89. The van der Waals surface area contributed by atoms with Crippen molar-refractivity contribution in [2.24, 2.45) is 7.05 Å². The van der Waals surface area contributed by atoms with Crippen LogP contribution in [0.3, 0.4) is 0 Å². The summed E-state index contributed by atoms with van der Waals surface area (Å²) in [6.45, 7) is 8.07. The second-order valence-corrected chi connectivity index (χ2v) is 9.64. The van der Waals surface area contributed by atoms with Gasteiger partial charge in [-0.05, 0) is 39.3 Å². The van der Waals surface area contributed by atoms with Crippen molar-refractivity contribution in [1.29, 1.82) is 0 Å². The lowest BCUT2D eigenvalue weighted by molar-refractivity contribution is -0.113. The number of nitrogens with zero attached hydrogens (tertiary/aromatic N) is 3. The average Bonchev–Trinajstić information content (AvgIpc) is 3.32. The lowest BCUT2D eigenvalue weighted by Gasteiger charge is -2.06. The molecule has 0 aromatic carbocycles. The Morgan fingerprint density at radius 1 is 1.28 bits per heavy atom. The normalized spacial score (nSPS) is 10.9. The molecule has 0 unspecified atom stereocenters. The quantitative estimate of drug-likeness (QED) is 0.423. The maximum absolute atomic E-state index is 12.4. The van der Waals surface area contributed by atoms with Crippen molar-refractivity contribution in [2.75, 3.05) is 17.7 Å². The van der Waals surface area contributed by atoms with Gasteiger partial charge in [0.25, 0.3) is 0 Å². The molecular weight excluding hydrogens is 428 g/mol. The van der Waals surface area contributed by atoms with E-state index in [1.165, 1.54) is 33.5 Å². The number of hydrogen-bond acceptors (Lipinski definition) is 8. The molecule has 0 fully saturated rings. The highest BCUT2D eigenvalue weighted by Crippen LogP contribution is 2.31. The third-order valence-corrected chi connectivity index (χ3v) is 7.30. The van der Waals surface area contributed by atoms with Crippen LogP contribution in [0, 0.1) is 20.8 Å². The van der Waals surface area contributed by atoms with Gasteiger partial charge in [-0.15, -0.1) is 32.9 Å². The Morgan fingerprint density at radius 3 is 2.69 bits per heavy atom. The number of thiophene rings is 2. The molecule has 7 nitrogen and oxygen atoms in total. The Labute approximate surface area is 181 Å². The predicted octanol–water partition coefficient (Wildman–Crippen LogP) is 4.44. The minimum absolute atomic E-state index is 0.160. The van der Waals surface area contributed by atoms with Crippen LogP contribution < -0.4 is 5.32 Å². The lowest BCUT2D eigenvalue weighted by atomic mass is 10.2. The van der Waals surface area contributed by atoms with Crippen LogP contribution in [-0.4, -0.2) is 39.0 Å². The molecular formula is C19H22N4O3S3. The Bertz CT molecular complexity index is 1050. The Kier molecular flexibility index (Phi) is 6.76. The molecule has 0 saturated heterocycles. The minimum Gasteiger partial charge on any atom is -0.462 e. The first-order valence-electron chi connectivity index (χ1n) is 8.96. The summed E-state index contributed by atoms with van der Waals surface area (Å²) in [5.41, 5.74) is 2.64. The van der Waals surface area contributed by atoms with E-state index in [0.717, 1.165) is 16.3 Å². The smallest absolute Gasteiger partial charge is 0.341 e. The summed E-state index contributed by atoms with van der Waals surface area (Å²) in [5, 5.41) is 14.6. The third-order valence-electron chi connectivity index (χ3n) is 4.30. The molecule has 154 valence electrons. The zero-order chi connectivity index (χ0) is 21.1. The third kappa shape index (κ3) is 4.71. The summed E-state index contributed by atoms with van der Waals surface area (Å²) >= 11 is 4.34. The van der Waals surface area contributed by atoms with Crippen LogP contribution in [0.15, 0.2) is 16.6 Å². The van der Waals surface area contributed by atoms with Crippen molar-refractivity contribution in [3.63, 3.8) is 0 Å². The molecule has 0 bridgehead atoms. The topological polar surface area (TPSA) is 86.1 Å². The van der Waals surface area contributed by atoms with E-state index in [1.807, 2.05) is 18.5 Å². The number of carbonyl (C=O) groups is 2. The van der Waals surface area contributed by atoms with Gasteiger partial charge in [-0.1, -0.05) is 11.8 Å². The second kappa shape index (κ2) is 9.10. The summed E-state index contributed by atoms with van der Waals surface area (Å²) < 4.78 is 6.95. The summed E-state index contributed by atoms with van der Waals surface area (Å²) in [6.07, 6.45) is 0. The van der Waals surface area contributed by atoms with Crippen LogP contribution in [0.4, 0.5) is 5.00 Å². The highest BCUT2D eigenvalue weighted by atomic mass is 32.2. The van der Waals surface area contributed by atoms with Crippen LogP contribution in [-0.2, 0) is 16.6 Å². The zero-order valence-corrected chi connectivity index (χ0v) is 19.3. The highest BCUT2D eigenvalue weighted by molar-refractivity contribution is 7.99. The van der Waals surface area contributed by atoms with Gasteiger partial charge in [0.1, 0.15) is 5.00 Å². The van der Waals surface area contributed by atoms with Gasteiger partial charge in [-0.25, -0.2) is 4.79 Å². The number of amides is 1. The number of anilines is 1. The van der Waals surface area contributed by atoms with E-state index in [1.54, 1.807) is 24.3 Å². The molecule has 29 heavy (non-hydrogen) atoms. The Hall–Kier alpha value is -2.17. The molecule has 1 amide bonds. The standard InChI is InChI=1S/C19H22N4O3S3/c1-6-26-18(25)13-7-10(2)29-17(13)20-15(24)9-28-19-22-21-16(23(19)5)14-8-27-12(4)11(14)3/h7-8H,6,9H2,1-5H3,(H,20,24). The molecule has 0 aliphatic carbocycles. The van der Waals surface area contributed by atoms with Crippen molar-refractivity contribution >= 4 is 51.3 Å². The number of hydrogen-bond donors (Lipinski definition) is 1. The van der Waals surface area contributed by atoms with E-state index in [4.69, 9.17) is 4.74 Å². The number of aromatic nitrogens is 3. The molecule has 0 aliphatic heterocycles. The van der Waals surface area contributed by atoms with Gasteiger partial charge in [0.2, 0.25) is 5.91 Å². The number of esters is 1. The van der Waals surface area contributed by atoms with Crippen LogP contribution in [0.25, 0.3) is 11.4 Å². The fourth-order valence-corrected chi connectivity index (χ4v) is 5.16. The first kappa shape index (κ1) is 21.5. The maximum Gasteiger partial charge on any atom is 0.341 e. The molecule has 0 aliphatic rings. The monoisotopic (exact) mass is 450 g/mol. The summed E-state index contributed by atoms with van der Waals surface area (Å²) in [4.78, 5) is 26.7. The van der Waals surface area contributed by atoms with Crippen LogP contribution in [0.1, 0.15) is 32.6 Å². The SMILES string of the molecule is CCOC(=O)c1cc(C)sc1NC(=O)CSc1nnc(-c2csc(C)c2C)n1C. The van der Waals surface area contributed by atoms with Crippen molar-refractivity contribution in [3.8, 4) is 11.4 Å². The van der Waals surface area contributed by atoms with Gasteiger partial charge in [0.15, 0.2) is 11.0 Å². The van der Waals surface area contributed by atoms with Crippen molar-refractivity contribution in [1.82, 2.24) is 14.8 Å². The predicted molar refractivity (Wildman–Crippen MR) is 118 cm³/mol. The molecule has 3 rings (SSSR count). The van der Waals surface area contributed by atoms with Gasteiger partial charge in [-0.2, -0.15) is 0 Å². The Morgan fingerprint density at radius 2 is 2.03 bits per heavy atom. The fourth-order valence-electron chi connectivity index (χ4n) is 2.67. The molecule has 0 radical (unpaired) electrons. The van der Waals surface area contributed by atoms with E-state index in [9.17, 15) is 9.59 Å². The number of thioether (sulfide) groups is 1.